The maximum atomic E-state index is 13.7. The number of nitrogens with zero attached hydrogens (tertiary/aromatic N) is 3. The van der Waals surface area contributed by atoms with Gasteiger partial charge >= 0.3 is 0 Å². The van der Waals surface area contributed by atoms with Crippen LogP contribution in [0.1, 0.15) is 26.3 Å². The molecule has 0 unspecified atom stereocenters. The van der Waals surface area contributed by atoms with Crippen molar-refractivity contribution in [3.05, 3.63) is 95.1 Å². The third-order valence-electron chi connectivity index (χ3n) is 5.56. The molecule has 3 aromatic rings. The normalized spacial score (nSPS) is 12.7. The standard InChI is InChI=1S/C27H21N3O5/c1-34-20-13-11-18(12-14-20)15-19(16-28)25(31)29(23-9-5-6-10-24(23)35-2)17-30-26(32)21-7-3-4-8-22(21)27(30)33/h3-15H,17H2,1-2H3/b19-15+. The van der Waals surface area contributed by atoms with Crippen LogP contribution in [0.5, 0.6) is 11.5 Å². The summed E-state index contributed by atoms with van der Waals surface area (Å²) < 4.78 is 10.6. The first-order chi connectivity index (χ1) is 17.0. The predicted molar refractivity (Wildman–Crippen MR) is 129 cm³/mol. The number of anilines is 1. The third kappa shape index (κ3) is 4.48. The topological polar surface area (TPSA) is 99.9 Å². The molecule has 35 heavy (non-hydrogen) atoms. The molecule has 1 heterocycles. The predicted octanol–water partition coefficient (Wildman–Crippen LogP) is 3.90. The molecule has 8 nitrogen and oxygen atoms in total. The number of hydrogen-bond donors (Lipinski definition) is 0. The van der Waals surface area contributed by atoms with Gasteiger partial charge in [-0.3, -0.25) is 24.2 Å². The number of carbonyl (C=O) groups is 3. The van der Waals surface area contributed by atoms with Crippen molar-refractivity contribution in [2.75, 3.05) is 25.8 Å². The number of amides is 3. The number of para-hydroxylation sites is 2. The average Bonchev–Trinajstić information content (AvgIpc) is 3.15. The molecule has 0 radical (unpaired) electrons. The van der Waals surface area contributed by atoms with Crippen molar-refractivity contribution in [1.82, 2.24) is 4.90 Å². The first-order valence-corrected chi connectivity index (χ1v) is 10.6. The van der Waals surface area contributed by atoms with Crippen LogP contribution < -0.4 is 14.4 Å². The van der Waals surface area contributed by atoms with Gasteiger partial charge in [0, 0.05) is 0 Å². The fraction of sp³-hybridized carbons (Fsp3) is 0.111. The molecule has 0 fully saturated rings. The van der Waals surface area contributed by atoms with E-state index in [1.807, 2.05) is 6.07 Å². The van der Waals surface area contributed by atoms with Crippen molar-refractivity contribution >= 4 is 29.5 Å². The van der Waals surface area contributed by atoms with Gasteiger partial charge in [0.25, 0.3) is 17.7 Å². The minimum absolute atomic E-state index is 0.183. The van der Waals surface area contributed by atoms with Gasteiger partial charge < -0.3 is 9.47 Å². The second-order valence-electron chi connectivity index (χ2n) is 7.57. The summed E-state index contributed by atoms with van der Waals surface area (Å²) in [5.74, 6) is -0.747. The van der Waals surface area contributed by atoms with E-state index in [-0.39, 0.29) is 16.7 Å². The zero-order chi connectivity index (χ0) is 24.9. The minimum atomic E-state index is -0.690. The highest BCUT2D eigenvalue weighted by Gasteiger charge is 2.38. The van der Waals surface area contributed by atoms with E-state index in [1.165, 1.54) is 18.1 Å². The van der Waals surface area contributed by atoms with Crippen LogP contribution in [0.2, 0.25) is 0 Å². The quantitative estimate of drug-likeness (QED) is 0.297. The van der Waals surface area contributed by atoms with E-state index in [9.17, 15) is 19.6 Å². The van der Waals surface area contributed by atoms with Gasteiger partial charge in [-0.1, -0.05) is 36.4 Å². The number of rotatable bonds is 7. The van der Waals surface area contributed by atoms with Crippen LogP contribution in [-0.2, 0) is 4.79 Å². The zero-order valence-electron chi connectivity index (χ0n) is 19.1. The summed E-state index contributed by atoms with van der Waals surface area (Å²) in [6, 6.07) is 21.9. The van der Waals surface area contributed by atoms with Crippen LogP contribution in [0.15, 0.2) is 78.4 Å². The fourth-order valence-corrected chi connectivity index (χ4v) is 3.77. The number of carbonyl (C=O) groups excluding carboxylic acids is 3. The molecule has 0 aromatic heterocycles. The smallest absolute Gasteiger partial charge is 0.270 e. The Bertz CT molecular complexity index is 1340. The first kappa shape index (κ1) is 23.3. The summed E-state index contributed by atoms with van der Waals surface area (Å²) in [6.07, 6.45) is 1.44. The van der Waals surface area contributed by atoms with Gasteiger partial charge in [-0.2, -0.15) is 5.26 Å². The summed E-state index contributed by atoms with van der Waals surface area (Å²) in [5, 5.41) is 9.82. The fourth-order valence-electron chi connectivity index (χ4n) is 3.77. The van der Waals surface area contributed by atoms with Crippen molar-refractivity contribution in [2.45, 2.75) is 0 Å². The summed E-state index contributed by atoms with van der Waals surface area (Å²) in [4.78, 5) is 41.8. The van der Waals surface area contributed by atoms with Crippen molar-refractivity contribution in [1.29, 1.82) is 5.26 Å². The number of hydrogen-bond acceptors (Lipinski definition) is 6. The van der Waals surface area contributed by atoms with Gasteiger partial charge in [0.15, 0.2) is 0 Å². The molecule has 0 spiro atoms. The molecule has 8 heteroatoms. The number of imide groups is 1. The molecular weight excluding hydrogens is 446 g/mol. The van der Waals surface area contributed by atoms with Gasteiger partial charge in [-0.25, -0.2) is 0 Å². The van der Waals surface area contributed by atoms with Gasteiger partial charge in [-0.15, -0.1) is 0 Å². The second-order valence-corrected chi connectivity index (χ2v) is 7.57. The van der Waals surface area contributed by atoms with Gasteiger partial charge in [0.05, 0.1) is 31.0 Å². The number of fused-ring (bicyclic) bond motifs is 1. The van der Waals surface area contributed by atoms with E-state index < -0.39 is 24.4 Å². The zero-order valence-corrected chi connectivity index (χ0v) is 19.1. The molecule has 4 rings (SSSR count). The monoisotopic (exact) mass is 467 g/mol. The maximum Gasteiger partial charge on any atom is 0.270 e. The largest absolute Gasteiger partial charge is 0.497 e. The van der Waals surface area contributed by atoms with E-state index in [4.69, 9.17) is 9.47 Å². The molecule has 174 valence electrons. The van der Waals surface area contributed by atoms with Crippen molar-refractivity contribution in [3.8, 4) is 17.6 Å². The lowest BCUT2D eigenvalue weighted by Crippen LogP contribution is -2.45. The lowest BCUT2D eigenvalue weighted by atomic mass is 10.1. The Morgan fingerprint density at radius 3 is 2.09 bits per heavy atom. The third-order valence-corrected chi connectivity index (χ3v) is 5.56. The van der Waals surface area contributed by atoms with Gasteiger partial charge in [0.2, 0.25) is 0 Å². The van der Waals surface area contributed by atoms with Crippen molar-refractivity contribution < 1.29 is 23.9 Å². The highest BCUT2D eigenvalue weighted by molar-refractivity contribution is 6.22. The van der Waals surface area contributed by atoms with E-state index in [2.05, 4.69) is 0 Å². The Kier molecular flexibility index (Phi) is 6.60. The van der Waals surface area contributed by atoms with Crippen LogP contribution in [0.4, 0.5) is 5.69 Å². The Labute approximate surface area is 202 Å². The highest BCUT2D eigenvalue weighted by atomic mass is 16.5. The van der Waals surface area contributed by atoms with Crippen molar-refractivity contribution in [3.63, 3.8) is 0 Å². The average molecular weight is 467 g/mol. The summed E-state index contributed by atoms with van der Waals surface area (Å²) in [5.41, 5.74) is 1.26. The van der Waals surface area contributed by atoms with Gasteiger partial charge in [-0.05, 0) is 48.0 Å². The molecule has 0 saturated carbocycles. The molecule has 0 bridgehead atoms. The van der Waals surface area contributed by atoms with Crippen molar-refractivity contribution in [2.24, 2.45) is 0 Å². The SMILES string of the molecule is COc1ccc(/C=C(\C#N)C(=O)N(CN2C(=O)c3ccccc3C2=O)c2ccccc2OC)cc1. The lowest BCUT2D eigenvalue weighted by molar-refractivity contribution is -0.115. The molecule has 3 amide bonds. The molecular formula is C27H21N3O5. The Balaban J connectivity index is 1.74. The van der Waals surface area contributed by atoms with Crippen LogP contribution in [0.3, 0.4) is 0 Å². The maximum absolute atomic E-state index is 13.7. The van der Waals surface area contributed by atoms with Crippen LogP contribution in [0, 0.1) is 11.3 Å². The first-order valence-electron chi connectivity index (χ1n) is 10.6. The Morgan fingerprint density at radius 2 is 1.51 bits per heavy atom. The molecule has 1 aliphatic heterocycles. The molecule has 1 aliphatic rings. The van der Waals surface area contributed by atoms with Crippen LogP contribution in [-0.4, -0.2) is 43.5 Å². The minimum Gasteiger partial charge on any atom is -0.497 e. The van der Waals surface area contributed by atoms with E-state index >= 15 is 0 Å². The lowest BCUT2D eigenvalue weighted by Gasteiger charge is -2.28. The van der Waals surface area contributed by atoms with Crippen LogP contribution in [0.25, 0.3) is 6.08 Å². The highest BCUT2D eigenvalue weighted by Crippen LogP contribution is 2.31. The summed E-state index contributed by atoms with van der Waals surface area (Å²) in [7, 11) is 2.99. The molecule has 0 atom stereocenters. The number of nitriles is 1. The summed E-state index contributed by atoms with van der Waals surface area (Å²) >= 11 is 0. The van der Waals surface area contributed by atoms with E-state index in [1.54, 1.807) is 79.9 Å². The molecule has 0 aliphatic carbocycles. The van der Waals surface area contributed by atoms with Crippen LogP contribution >= 0.6 is 0 Å². The Morgan fingerprint density at radius 1 is 0.914 bits per heavy atom. The number of ether oxygens (including phenoxy) is 2. The van der Waals surface area contributed by atoms with Gasteiger partial charge in [0.1, 0.15) is 29.8 Å². The van der Waals surface area contributed by atoms with E-state index in [0.29, 0.717) is 22.7 Å². The summed E-state index contributed by atoms with van der Waals surface area (Å²) in [6.45, 7) is -0.396. The second kappa shape index (κ2) is 9.93. The molecule has 3 aromatic carbocycles. The number of benzene rings is 3. The molecule has 0 N–H and O–H groups in total. The Hall–Kier alpha value is -4.90. The molecule has 0 saturated heterocycles. The number of methoxy groups -OCH3 is 2. The van der Waals surface area contributed by atoms with E-state index in [0.717, 1.165) is 4.90 Å².